The number of benzene rings is 10. The SMILES string of the molecule is N#Cc1ccc2c(c1)Oc1cccc3c(-c4ccc(-c5cc6c7ccccc7c(-c7ccc8ccccc8c7)cc6c6ccccc56)cc4)ccc-2c13. The Morgan fingerprint density at radius 2 is 0.906 bits per heavy atom. The maximum absolute atomic E-state index is 9.45. The summed E-state index contributed by atoms with van der Waals surface area (Å²) in [6.45, 7) is 0. The third-order valence-corrected chi connectivity index (χ3v) is 11.1. The molecule has 0 unspecified atom stereocenters. The molecule has 10 aromatic carbocycles. The average molecular weight is 672 g/mol. The molecule has 0 radical (unpaired) electrons. The summed E-state index contributed by atoms with van der Waals surface area (Å²) in [7, 11) is 0. The number of rotatable bonds is 3. The molecule has 0 saturated carbocycles. The minimum atomic E-state index is 0.592. The number of nitriles is 1. The van der Waals surface area contributed by atoms with Crippen molar-refractivity contribution in [3.8, 4) is 62.1 Å². The monoisotopic (exact) mass is 671 g/mol. The van der Waals surface area contributed by atoms with Crippen LogP contribution in [-0.2, 0) is 0 Å². The molecule has 1 heterocycles. The molecule has 53 heavy (non-hydrogen) atoms. The van der Waals surface area contributed by atoms with Gasteiger partial charge in [-0.25, -0.2) is 0 Å². The summed E-state index contributed by atoms with van der Waals surface area (Å²) in [6, 6.07) is 65.4. The zero-order valence-electron chi connectivity index (χ0n) is 28.6. The summed E-state index contributed by atoms with van der Waals surface area (Å²) in [5.74, 6) is 1.54. The summed E-state index contributed by atoms with van der Waals surface area (Å²) < 4.78 is 6.36. The van der Waals surface area contributed by atoms with Crippen molar-refractivity contribution >= 4 is 53.9 Å². The summed E-state index contributed by atoms with van der Waals surface area (Å²) in [5.41, 5.74) is 9.93. The zero-order chi connectivity index (χ0) is 35.0. The molecule has 0 amide bonds. The van der Waals surface area contributed by atoms with Crippen LogP contribution in [0.2, 0.25) is 0 Å². The molecule has 11 rings (SSSR count). The number of fused-ring (bicyclic) bond motifs is 8. The molecule has 0 spiro atoms. The van der Waals surface area contributed by atoms with Crippen LogP contribution in [0.15, 0.2) is 176 Å². The number of hydrogen-bond acceptors (Lipinski definition) is 2. The van der Waals surface area contributed by atoms with Crippen molar-refractivity contribution in [1.29, 1.82) is 5.26 Å². The van der Waals surface area contributed by atoms with Gasteiger partial charge in [0.25, 0.3) is 0 Å². The maximum Gasteiger partial charge on any atom is 0.136 e. The Balaban J connectivity index is 1.06. The second kappa shape index (κ2) is 11.4. The first-order chi connectivity index (χ1) is 26.2. The largest absolute Gasteiger partial charge is 0.456 e. The quantitative estimate of drug-likeness (QED) is 0.175. The van der Waals surface area contributed by atoms with Gasteiger partial charge in [-0.2, -0.15) is 5.26 Å². The Morgan fingerprint density at radius 3 is 1.62 bits per heavy atom. The fraction of sp³-hybridized carbons (Fsp3) is 0. The van der Waals surface area contributed by atoms with Crippen LogP contribution in [-0.4, -0.2) is 0 Å². The number of nitrogens with zero attached hydrogens (tertiary/aromatic N) is 1. The molecule has 0 N–H and O–H groups in total. The predicted molar refractivity (Wildman–Crippen MR) is 221 cm³/mol. The Labute approximate surface area is 306 Å². The van der Waals surface area contributed by atoms with E-state index >= 15 is 0 Å². The first-order valence-corrected chi connectivity index (χ1v) is 18.0. The summed E-state index contributed by atoms with van der Waals surface area (Å²) in [5, 5.41) is 21.7. The van der Waals surface area contributed by atoms with Crippen LogP contribution in [0, 0.1) is 11.3 Å². The van der Waals surface area contributed by atoms with Crippen LogP contribution in [0.5, 0.6) is 11.5 Å². The third kappa shape index (κ3) is 4.51. The molecule has 2 nitrogen and oxygen atoms in total. The molecule has 244 valence electrons. The molecular formula is C51H29NO. The van der Waals surface area contributed by atoms with Crippen molar-refractivity contribution in [2.45, 2.75) is 0 Å². The van der Waals surface area contributed by atoms with Gasteiger partial charge in [0.05, 0.1) is 11.6 Å². The van der Waals surface area contributed by atoms with E-state index in [9.17, 15) is 5.26 Å². The van der Waals surface area contributed by atoms with E-state index in [1.165, 1.54) is 65.3 Å². The minimum Gasteiger partial charge on any atom is -0.456 e. The van der Waals surface area contributed by atoms with Crippen LogP contribution >= 0.6 is 0 Å². The second-order valence-corrected chi connectivity index (χ2v) is 13.9. The van der Waals surface area contributed by atoms with E-state index < -0.39 is 0 Å². The van der Waals surface area contributed by atoms with Gasteiger partial charge in [-0.15, -0.1) is 0 Å². The lowest BCUT2D eigenvalue weighted by Crippen LogP contribution is -1.98. The van der Waals surface area contributed by atoms with Crippen LogP contribution < -0.4 is 4.74 Å². The van der Waals surface area contributed by atoms with Gasteiger partial charge in [-0.1, -0.05) is 133 Å². The van der Waals surface area contributed by atoms with Crippen molar-refractivity contribution in [3.63, 3.8) is 0 Å². The van der Waals surface area contributed by atoms with Gasteiger partial charge in [0.1, 0.15) is 11.5 Å². The van der Waals surface area contributed by atoms with Gasteiger partial charge in [0.2, 0.25) is 0 Å². The fourth-order valence-corrected chi connectivity index (χ4v) is 8.57. The molecule has 10 aromatic rings. The highest BCUT2D eigenvalue weighted by Crippen LogP contribution is 2.49. The standard InChI is InChI=1S/C51H29NO/c52-30-31-16-23-42-44-25-24-37(43-14-7-15-49(51(43)44)53-50(42)26-31)33-18-20-34(21-19-33)45-28-47-41-13-6-4-11-39(41)46(29-48(47)40-12-5-3-10-38(40)45)36-22-17-32-8-1-2-9-35(32)27-36/h1-29H. The highest BCUT2D eigenvalue weighted by Gasteiger charge is 2.22. The van der Waals surface area contributed by atoms with E-state index in [2.05, 4.69) is 158 Å². The Kier molecular flexibility index (Phi) is 6.35. The molecule has 0 fully saturated rings. The summed E-state index contributed by atoms with van der Waals surface area (Å²) in [4.78, 5) is 0. The lowest BCUT2D eigenvalue weighted by Gasteiger charge is -2.22. The van der Waals surface area contributed by atoms with Gasteiger partial charge in [-0.05, 0) is 130 Å². The van der Waals surface area contributed by atoms with Crippen LogP contribution in [0.4, 0.5) is 0 Å². The van der Waals surface area contributed by atoms with E-state index in [0.29, 0.717) is 5.56 Å². The number of hydrogen-bond donors (Lipinski definition) is 0. The van der Waals surface area contributed by atoms with E-state index in [0.717, 1.165) is 44.5 Å². The predicted octanol–water partition coefficient (Wildman–Crippen LogP) is 14.1. The number of ether oxygens (including phenoxy) is 1. The van der Waals surface area contributed by atoms with Crippen molar-refractivity contribution in [2.75, 3.05) is 0 Å². The second-order valence-electron chi connectivity index (χ2n) is 13.9. The van der Waals surface area contributed by atoms with Crippen molar-refractivity contribution in [2.24, 2.45) is 0 Å². The van der Waals surface area contributed by atoms with Gasteiger partial charge in [0, 0.05) is 10.9 Å². The Hall–Kier alpha value is -7.21. The first-order valence-electron chi connectivity index (χ1n) is 18.0. The van der Waals surface area contributed by atoms with Gasteiger partial charge in [0.15, 0.2) is 0 Å². The van der Waals surface area contributed by atoms with Crippen molar-refractivity contribution in [1.82, 2.24) is 0 Å². The molecule has 0 aliphatic carbocycles. The van der Waals surface area contributed by atoms with Crippen molar-refractivity contribution < 1.29 is 4.74 Å². The van der Waals surface area contributed by atoms with Crippen molar-refractivity contribution in [3.05, 3.63) is 181 Å². The molecular weight excluding hydrogens is 643 g/mol. The average Bonchev–Trinajstić information content (AvgIpc) is 3.23. The molecule has 0 aromatic heterocycles. The molecule has 0 saturated heterocycles. The Morgan fingerprint density at radius 1 is 0.340 bits per heavy atom. The third-order valence-electron chi connectivity index (χ3n) is 11.1. The van der Waals surface area contributed by atoms with Crippen LogP contribution in [0.25, 0.3) is 98.4 Å². The molecule has 0 atom stereocenters. The highest BCUT2D eigenvalue weighted by atomic mass is 16.5. The molecule has 0 bridgehead atoms. The summed E-state index contributed by atoms with van der Waals surface area (Å²) >= 11 is 0. The topological polar surface area (TPSA) is 33.0 Å². The van der Waals surface area contributed by atoms with E-state index in [1.807, 2.05) is 24.3 Å². The van der Waals surface area contributed by atoms with E-state index in [-0.39, 0.29) is 0 Å². The summed E-state index contributed by atoms with van der Waals surface area (Å²) in [6.07, 6.45) is 0. The molecule has 2 heteroatoms. The smallest absolute Gasteiger partial charge is 0.136 e. The lowest BCUT2D eigenvalue weighted by atomic mass is 9.87. The fourth-order valence-electron chi connectivity index (χ4n) is 8.57. The zero-order valence-corrected chi connectivity index (χ0v) is 28.6. The minimum absolute atomic E-state index is 0.592. The molecule has 1 aliphatic rings. The van der Waals surface area contributed by atoms with Gasteiger partial charge in [-0.3, -0.25) is 0 Å². The van der Waals surface area contributed by atoms with E-state index in [1.54, 1.807) is 0 Å². The Bertz CT molecular complexity index is 3200. The van der Waals surface area contributed by atoms with Gasteiger partial charge < -0.3 is 4.74 Å². The molecule has 1 aliphatic heterocycles. The van der Waals surface area contributed by atoms with E-state index in [4.69, 9.17) is 4.74 Å². The lowest BCUT2D eigenvalue weighted by molar-refractivity contribution is 0.487. The normalized spacial score (nSPS) is 11.9. The first kappa shape index (κ1) is 29.5. The van der Waals surface area contributed by atoms with Crippen LogP contribution in [0.1, 0.15) is 5.56 Å². The van der Waals surface area contributed by atoms with Crippen LogP contribution in [0.3, 0.4) is 0 Å². The highest BCUT2D eigenvalue weighted by molar-refractivity contribution is 6.24. The van der Waals surface area contributed by atoms with Gasteiger partial charge >= 0.3 is 0 Å². The maximum atomic E-state index is 9.45.